The molecule has 2 fully saturated rings. The van der Waals surface area contributed by atoms with Crippen molar-refractivity contribution in [3.63, 3.8) is 0 Å². The van der Waals surface area contributed by atoms with Crippen molar-refractivity contribution in [3.05, 3.63) is 0 Å². The second kappa shape index (κ2) is 5.85. The number of urea groups is 1. The van der Waals surface area contributed by atoms with E-state index in [1.807, 2.05) is 20.8 Å². The van der Waals surface area contributed by atoms with Crippen molar-refractivity contribution in [3.8, 4) is 0 Å². The number of amides is 2. The average molecular weight is 296 g/mol. The summed E-state index contributed by atoms with van der Waals surface area (Å²) in [5, 5.41) is 15.4. The van der Waals surface area contributed by atoms with Gasteiger partial charge in [0.1, 0.15) is 0 Å². The van der Waals surface area contributed by atoms with Crippen LogP contribution in [0.25, 0.3) is 0 Å². The largest absolute Gasteiger partial charge is 0.481 e. The Morgan fingerprint density at radius 2 is 1.71 bits per heavy atom. The van der Waals surface area contributed by atoms with E-state index in [0.717, 1.165) is 19.3 Å². The molecular formula is C16H28N2O3. The lowest BCUT2D eigenvalue weighted by atomic mass is 9.61. The van der Waals surface area contributed by atoms with Crippen LogP contribution in [0.5, 0.6) is 0 Å². The Morgan fingerprint density at radius 3 is 2.24 bits per heavy atom. The van der Waals surface area contributed by atoms with Crippen LogP contribution in [0.15, 0.2) is 0 Å². The molecule has 0 aromatic heterocycles. The predicted octanol–water partition coefficient (Wildman–Crippen LogP) is 2.61. The third-order valence-electron chi connectivity index (χ3n) is 5.77. The standard InChI is InChI=1S/C16H28N2O3/c1-9-7-11(8-9)17-15(21)18-13-6-5-12(14(19)20)16(3,4)10(13)2/h9-13H,5-8H2,1-4H3,(H,19,20)(H2,17,18,21). The first-order chi connectivity index (χ1) is 9.71. The normalized spacial score (nSPS) is 38.2. The SMILES string of the molecule is CC1CC(NC(=O)NC2CCC(C(=O)O)C(C)(C)C2C)C1. The minimum Gasteiger partial charge on any atom is -0.481 e. The summed E-state index contributed by atoms with van der Waals surface area (Å²) in [7, 11) is 0. The van der Waals surface area contributed by atoms with Crippen LogP contribution in [-0.2, 0) is 4.79 Å². The van der Waals surface area contributed by atoms with Crippen LogP contribution in [0.1, 0.15) is 53.4 Å². The van der Waals surface area contributed by atoms with Crippen molar-refractivity contribution >= 4 is 12.0 Å². The molecular weight excluding hydrogens is 268 g/mol. The van der Waals surface area contributed by atoms with E-state index in [1.165, 1.54) is 0 Å². The Morgan fingerprint density at radius 1 is 1.10 bits per heavy atom. The van der Waals surface area contributed by atoms with Crippen LogP contribution in [0.3, 0.4) is 0 Å². The fourth-order valence-corrected chi connectivity index (χ4v) is 3.86. The first kappa shape index (κ1) is 16.1. The number of nitrogens with one attached hydrogen (secondary N) is 2. The molecule has 5 nitrogen and oxygen atoms in total. The van der Waals surface area contributed by atoms with Crippen molar-refractivity contribution in [2.24, 2.45) is 23.2 Å². The van der Waals surface area contributed by atoms with Crippen molar-refractivity contribution < 1.29 is 14.7 Å². The third kappa shape index (κ3) is 3.33. The molecule has 2 saturated carbocycles. The van der Waals surface area contributed by atoms with Crippen LogP contribution < -0.4 is 10.6 Å². The summed E-state index contributed by atoms with van der Waals surface area (Å²) < 4.78 is 0. The summed E-state index contributed by atoms with van der Waals surface area (Å²) in [5.41, 5.74) is -0.312. The van der Waals surface area contributed by atoms with E-state index in [2.05, 4.69) is 17.6 Å². The van der Waals surface area contributed by atoms with Gasteiger partial charge in [0.05, 0.1) is 5.92 Å². The van der Waals surface area contributed by atoms with Gasteiger partial charge in [-0.15, -0.1) is 0 Å². The second-order valence-electron chi connectivity index (χ2n) is 7.58. The van der Waals surface area contributed by atoms with E-state index in [4.69, 9.17) is 0 Å². The second-order valence-corrected chi connectivity index (χ2v) is 7.58. The van der Waals surface area contributed by atoms with Gasteiger partial charge >= 0.3 is 12.0 Å². The first-order valence-corrected chi connectivity index (χ1v) is 8.01. The zero-order valence-corrected chi connectivity index (χ0v) is 13.5. The molecule has 0 bridgehead atoms. The molecule has 3 unspecified atom stereocenters. The molecule has 120 valence electrons. The number of aliphatic carboxylic acids is 1. The highest BCUT2D eigenvalue weighted by atomic mass is 16.4. The molecule has 2 amide bonds. The van der Waals surface area contributed by atoms with Gasteiger partial charge < -0.3 is 15.7 Å². The summed E-state index contributed by atoms with van der Waals surface area (Å²) in [5.74, 6) is -0.211. The Balaban J connectivity index is 1.89. The third-order valence-corrected chi connectivity index (χ3v) is 5.77. The molecule has 21 heavy (non-hydrogen) atoms. The number of hydrogen-bond acceptors (Lipinski definition) is 2. The van der Waals surface area contributed by atoms with Gasteiger partial charge in [-0.3, -0.25) is 4.79 Å². The van der Waals surface area contributed by atoms with Crippen molar-refractivity contribution in [1.29, 1.82) is 0 Å². The van der Waals surface area contributed by atoms with Crippen LogP contribution in [-0.4, -0.2) is 29.2 Å². The molecule has 2 aliphatic carbocycles. The maximum absolute atomic E-state index is 12.1. The highest BCUT2D eigenvalue weighted by molar-refractivity contribution is 5.75. The molecule has 0 saturated heterocycles. The molecule has 3 N–H and O–H groups in total. The Bertz CT molecular complexity index is 416. The van der Waals surface area contributed by atoms with Crippen LogP contribution >= 0.6 is 0 Å². The number of rotatable bonds is 3. The number of carboxylic acids is 1. The summed E-state index contributed by atoms with van der Waals surface area (Å²) in [6.45, 7) is 8.23. The van der Waals surface area contributed by atoms with Gasteiger partial charge in [0.15, 0.2) is 0 Å². The highest BCUT2D eigenvalue weighted by Gasteiger charge is 2.46. The van der Waals surface area contributed by atoms with Gasteiger partial charge in [-0.05, 0) is 42.9 Å². The van der Waals surface area contributed by atoms with Crippen LogP contribution in [0, 0.1) is 23.2 Å². The highest BCUT2D eigenvalue weighted by Crippen LogP contribution is 2.45. The fraction of sp³-hybridized carbons (Fsp3) is 0.875. The van der Waals surface area contributed by atoms with Crippen LogP contribution in [0.2, 0.25) is 0 Å². The van der Waals surface area contributed by atoms with Gasteiger partial charge in [0, 0.05) is 12.1 Å². The summed E-state index contributed by atoms with van der Waals surface area (Å²) in [4.78, 5) is 23.4. The van der Waals surface area contributed by atoms with Gasteiger partial charge in [0.2, 0.25) is 0 Å². The van der Waals surface area contributed by atoms with E-state index in [0.29, 0.717) is 18.4 Å². The van der Waals surface area contributed by atoms with Crippen molar-refractivity contribution in [1.82, 2.24) is 10.6 Å². The molecule has 0 aromatic rings. The Kier molecular flexibility index (Phi) is 4.49. The van der Waals surface area contributed by atoms with E-state index in [1.54, 1.807) is 0 Å². The minimum absolute atomic E-state index is 0.0492. The Hall–Kier alpha value is -1.26. The quantitative estimate of drug-likeness (QED) is 0.749. The average Bonchev–Trinajstić information content (AvgIpc) is 2.32. The minimum atomic E-state index is -0.724. The maximum Gasteiger partial charge on any atom is 0.315 e. The molecule has 0 aromatic carbocycles. The molecule has 2 rings (SSSR count). The summed E-state index contributed by atoms with van der Waals surface area (Å²) in [6.07, 6.45) is 3.47. The number of carboxylic acid groups (broad SMARTS) is 1. The lowest BCUT2D eigenvalue weighted by Crippen LogP contribution is -2.56. The maximum atomic E-state index is 12.1. The number of carbonyl (C=O) groups is 2. The van der Waals surface area contributed by atoms with Crippen molar-refractivity contribution in [2.75, 3.05) is 0 Å². The van der Waals surface area contributed by atoms with Crippen molar-refractivity contribution in [2.45, 2.75) is 65.5 Å². The van der Waals surface area contributed by atoms with Gasteiger partial charge in [-0.25, -0.2) is 4.79 Å². The molecule has 2 aliphatic rings. The smallest absolute Gasteiger partial charge is 0.315 e. The van der Waals surface area contributed by atoms with Crippen LogP contribution in [0.4, 0.5) is 4.79 Å². The lowest BCUT2D eigenvalue weighted by molar-refractivity contribution is -0.150. The zero-order chi connectivity index (χ0) is 15.8. The Labute approximate surface area is 126 Å². The summed E-state index contributed by atoms with van der Waals surface area (Å²) in [6, 6.07) is 0.250. The molecule has 0 aliphatic heterocycles. The molecule has 0 radical (unpaired) electrons. The first-order valence-electron chi connectivity index (χ1n) is 8.01. The van der Waals surface area contributed by atoms with E-state index in [9.17, 15) is 14.7 Å². The van der Waals surface area contributed by atoms with E-state index >= 15 is 0 Å². The molecule has 0 spiro atoms. The molecule has 3 atom stereocenters. The van der Waals surface area contributed by atoms with E-state index < -0.39 is 5.97 Å². The summed E-state index contributed by atoms with van der Waals surface area (Å²) >= 11 is 0. The lowest BCUT2D eigenvalue weighted by Gasteiger charge is -2.46. The number of hydrogen-bond donors (Lipinski definition) is 3. The monoisotopic (exact) mass is 296 g/mol. The predicted molar refractivity (Wildman–Crippen MR) is 80.9 cm³/mol. The van der Waals surface area contributed by atoms with Gasteiger partial charge in [-0.1, -0.05) is 27.7 Å². The fourth-order valence-electron chi connectivity index (χ4n) is 3.86. The topological polar surface area (TPSA) is 78.4 Å². The van der Waals surface area contributed by atoms with Gasteiger partial charge in [-0.2, -0.15) is 0 Å². The number of carbonyl (C=O) groups excluding carboxylic acids is 1. The zero-order valence-electron chi connectivity index (χ0n) is 13.5. The molecule has 0 heterocycles. The molecule has 5 heteroatoms. The van der Waals surface area contributed by atoms with Gasteiger partial charge in [0.25, 0.3) is 0 Å². The van der Waals surface area contributed by atoms with E-state index in [-0.39, 0.29) is 29.3 Å².